The molecule has 0 bridgehead atoms. The number of aromatic amines is 1. The van der Waals surface area contributed by atoms with Crippen molar-refractivity contribution in [2.45, 2.75) is 0 Å². The summed E-state index contributed by atoms with van der Waals surface area (Å²) in [6.45, 7) is 0. The summed E-state index contributed by atoms with van der Waals surface area (Å²) in [6, 6.07) is 18.8. The Morgan fingerprint density at radius 1 is 0.913 bits per heavy atom. The van der Waals surface area contributed by atoms with Crippen LogP contribution in [0.15, 0.2) is 65.1 Å². The number of nitrogens with one attached hydrogen (secondary N) is 1. The number of H-pyrrole nitrogens is 1. The second-order valence-electron chi connectivity index (χ2n) is 5.35. The van der Waals surface area contributed by atoms with Crippen molar-refractivity contribution < 1.29 is 4.92 Å². The number of aromatic nitrogens is 1. The van der Waals surface area contributed by atoms with E-state index in [1.807, 2.05) is 36.4 Å². The fourth-order valence-corrected chi connectivity index (χ4v) is 3.28. The van der Waals surface area contributed by atoms with Crippen LogP contribution in [-0.2, 0) is 0 Å². The number of halogens is 1. The summed E-state index contributed by atoms with van der Waals surface area (Å²) in [5.41, 5.74) is 3.64. The van der Waals surface area contributed by atoms with E-state index in [4.69, 9.17) is 0 Å². The number of nitrogens with zero attached hydrogens (tertiary/aromatic N) is 1. The van der Waals surface area contributed by atoms with E-state index < -0.39 is 0 Å². The Balaban J connectivity index is 2.01. The first-order valence-electron chi connectivity index (χ1n) is 7.08. The number of nitro groups is 1. The maximum atomic E-state index is 11.3. The fourth-order valence-electron chi connectivity index (χ4n) is 2.91. The lowest BCUT2D eigenvalue weighted by atomic mass is 10.0. The highest BCUT2D eigenvalue weighted by atomic mass is 79.9. The van der Waals surface area contributed by atoms with Crippen LogP contribution in [0.25, 0.3) is 32.9 Å². The van der Waals surface area contributed by atoms with E-state index in [0.717, 1.165) is 31.8 Å². The Morgan fingerprint density at radius 2 is 1.61 bits per heavy atom. The maximum Gasteiger partial charge on any atom is 0.277 e. The Morgan fingerprint density at radius 3 is 2.39 bits per heavy atom. The quantitative estimate of drug-likeness (QED) is 0.367. The van der Waals surface area contributed by atoms with Gasteiger partial charge < -0.3 is 4.98 Å². The highest BCUT2D eigenvalue weighted by Gasteiger charge is 2.15. The molecule has 0 aliphatic heterocycles. The third kappa shape index (κ3) is 2.29. The van der Waals surface area contributed by atoms with Crippen LogP contribution >= 0.6 is 15.9 Å². The molecule has 0 amide bonds. The van der Waals surface area contributed by atoms with Crippen LogP contribution in [0.3, 0.4) is 0 Å². The summed E-state index contributed by atoms with van der Waals surface area (Å²) in [6.07, 6.45) is 0. The first-order chi connectivity index (χ1) is 11.1. The second-order valence-corrected chi connectivity index (χ2v) is 6.27. The van der Waals surface area contributed by atoms with Crippen LogP contribution in [0.2, 0.25) is 0 Å². The zero-order valence-corrected chi connectivity index (χ0v) is 13.5. The standard InChI is InChI=1S/C18H11BrN2O2/c19-12-6-8-17-15(10-12)14-9-11(5-7-16(14)20-17)13-3-1-2-4-18(13)21(22)23/h1-10,20H. The van der Waals surface area contributed by atoms with Crippen molar-refractivity contribution in [3.63, 3.8) is 0 Å². The fraction of sp³-hybridized carbons (Fsp3) is 0. The third-order valence-corrected chi connectivity index (χ3v) is 4.47. The Hall–Kier alpha value is -2.66. The van der Waals surface area contributed by atoms with Crippen LogP contribution in [0.5, 0.6) is 0 Å². The minimum atomic E-state index is -0.342. The molecule has 0 aliphatic carbocycles. The Kier molecular flexibility index (Phi) is 3.16. The molecule has 0 fully saturated rings. The van der Waals surface area contributed by atoms with Gasteiger partial charge >= 0.3 is 0 Å². The summed E-state index contributed by atoms with van der Waals surface area (Å²) < 4.78 is 1.00. The van der Waals surface area contributed by atoms with E-state index in [0.29, 0.717) is 5.56 Å². The lowest BCUT2D eigenvalue weighted by molar-refractivity contribution is -0.384. The Bertz CT molecular complexity index is 1070. The average molecular weight is 367 g/mol. The van der Waals surface area contributed by atoms with Crippen LogP contribution < -0.4 is 0 Å². The summed E-state index contributed by atoms with van der Waals surface area (Å²) in [4.78, 5) is 14.3. The molecule has 1 N–H and O–H groups in total. The molecular weight excluding hydrogens is 356 g/mol. The van der Waals surface area contributed by atoms with Crippen LogP contribution in [0, 0.1) is 10.1 Å². The van der Waals surface area contributed by atoms with Crippen molar-refractivity contribution in [1.82, 2.24) is 4.98 Å². The number of rotatable bonds is 2. The first-order valence-corrected chi connectivity index (χ1v) is 7.87. The summed E-state index contributed by atoms with van der Waals surface area (Å²) >= 11 is 3.49. The average Bonchev–Trinajstić information content (AvgIpc) is 2.92. The Labute approximate surface area is 140 Å². The normalized spacial score (nSPS) is 11.2. The van der Waals surface area contributed by atoms with Crippen molar-refractivity contribution >= 4 is 43.4 Å². The van der Waals surface area contributed by atoms with Crippen molar-refractivity contribution in [3.8, 4) is 11.1 Å². The van der Waals surface area contributed by atoms with Gasteiger partial charge in [0.25, 0.3) is 5.69 Å². The van der Waals surface area contributed by atoms with Crippen molar-refractivity contribution in [1.29, 1.82) is 0 Å². The summed E-state index contributed by atoms with van der Waals surface area (Å²) in [5, 5.41) is 13.4. The lowest BCUT2D eigenvalue weighted by Gasteiger charge is -2.03. The van der Waals surface area contributed by atoms with Gasteiger partial charge in [0.05, 0.1) is 10.5 Å². The van der Waals surface area contributed by atoms with E-state index in [1.54, 1.807) is 12.1 Å². The molecule has 0 radical (unpaired) electrons. The summed E-state index contributed by atoms with van der Waals surface area (Å²) in [5.74, 6) is 0. The van der Waals surface area contributed by atoms with Crippen molar-refractivity contribution in [2.24, 2.45) is 0 Å². The van der Waals surface area contributed by atoms with E-state index >= 15 is 0 Å². The molecule has 4 nitrogen and oxygen atoms in total. The van der Waals surface area contributed by atoms with Crippen LogP contribution in [-0.4, -0.2) is 9.91 Å². The molecule has 0 atom stereocenters. The smallest absolute Gasteiger partial charge is 0.277 e. The number of fused-ring (bicyclic) bond motifs is 3. The second kappa shape index (κ2) is 5.21. The molecule has 0 saturated heterocycles. The largest absolute Gasteiger partial charge is 0.355 e. The van der Waals surface area contributed by atoms with Gasteiger partial charge in [0.15, 0.2) is 0 Å². The first kappa shape index (κ1) is 14.0. The zero-order valence-electron chi connectivity index (χ0n) is 11.9. The highest BCUT2D eigenvalue weighted by Crippen LogP contribution is 2.34. The molecule has 4 aromatic rings. The number of hydrogen-bond donors (Lipinski definition) is 1. The number of hydrogen-bond acceptors (Lipinski definition) is 2. The number of nitro benzene ring substituents is 1. The molecule has 5 heteroatoms. The monoisotopic (exact) mass is 366 g/mol. The molecule has 0 spiro atoms. The van der Waals surface area contributed by atoms with E-state index in [-0.39, 0.29) is 10.6 Å². The van der Waals surface area contributed by atoms with Crippen molar-refractivity contribution in [3.05, 3.63) is 75.3 Å². The summed E-state index contributed by atoms with van der Waals surface area (Å²) in [7, 11) is 0. The molecule has 0 saturated carbocycles. The van der Waals surface area contributed by atoms with Gasteiger partial charge in [-0.05, 0) is 42.0 Å². The SMILES string of the molecule is O=[N+]([O-])c1ccccc1-c1ccc2[nH]c3ccc(Br)cc3c2c1. The number of para-hydroxylation sites is 1. The maximum absolute atomic E-state index is 11.3. The molecule has 4 rings (SSSR count). The topological polar surface area (TPSA) is 58.9 Å². The third-order valence-electron chi connectivity index (χ3n) is 3.97. The molecule has 3 aromatic carbocycles. The molecular formula is C18H11BrN2O2. The van der Waals surface area contributed by atoms with Crippen LogP contribution in [0.4, 0.5) is 5.69 Å². The van der Waals surface area contributed by atoms with Gasteiger partial charge in [-0.1, -0.05) is 34.1 Å². The van der Waals surface area contributed by atoms with Gasteiger partial charge in [0, 0.05) is 32.3 Å². The molecule has 112 valence electrons. The zero-order chi connectivity index (χ0) is 16.0. The molecule has 1 heterocycles. The van der Waals surface area contributed by atoms with Crippen molar-refractivity contribution in [2.75, 3.05) is 0 Å². The minimum absolute atomic E-state index is 0.118. The molecule has 0 aliphatic rings. The predicted molar refractivity (Wildman–Crippen MR) is 95.6 cm³/mol. The molecule has 23 heavy (non-hydrogen) atoms. The van der Waals surface area contributed by atoms with Gasteiger partial charge in [0.2, 0.25) is 0 Å². The van der Waals surface area contributed by atoms with Crippen LogP contribution in [0.1, 0.15) is 0 Å². The number of benzene rings is 3. The molecule has 1 aromatic heterocycles. The van der Waals surface area contributed by atoms with Gasteiger partial charge in [0.1, 0.15) is 0 Å². The van der Waals surface area contributed by atoms with E-state index in [2.05, 4.69) is 27.0 Å². The lowest BCUT2D eigenvalue weighted by Crippen LogP contribution is -1.91. The highest BCUT2D eigenvalue weighted by molar-refractivity contribution is 9.10. The van der Waals surface area contributed by atoms with Gasteiger partial charge in [-0.3, -0.25) is 10.1 Å². The van der Waals surface area contributed by atoms with E-state index in [9.17, 15) is 10.1 Å². The van der Waals surface area contributed by atoms with Gasteiger partial charge in [-0.25, -0.2) is 0 Å². The van der Waals surface area contributed by atoms with Gasteiger partial charge in [-0.2, -0.15) is 0 Å². The predicted octanol–water partition coefficient (Wildman–Crippen LogP) is 5.66. The van der Waals surface area contributed by atoms with Gasteiger partial charge in [-0.15, -0.1) is 0 Å². The molecule has 0 unspecified atom stereocenters. The van der Waals surface area contributed by atoms with E-state index in [1.165, 1.54) is 6.07 Å². The minimum Gasteiger partial charge on any atom is -0.355 e.